The van der Waals surface area contributed by atoms with Crippen molar-refractivity contribution in [2.75, 3.05) is 25.0 Å². The molecule has 1 aliphatic rings. The molecule has 3 N–H and O–H groups in total. The summed E-state index contributed by atoms with van der Waals surface area (Å²) in [5.74, 6) is -0.236. The predicted molar refractivity (Wildman–Crippen MR) is 89.1 cm³/mol. The average Bonchev–Trinajstić information content (AvgIpc) is 2.54. The Morgan fingerprint density at radius 3 is 2.70 bits per heavy atom. The number of rotatable bonds is 6. The maximum Gasteiger partial charge on any atom is 0.315 e. The molecule has 0 saturated heterocycles. The second kappa shape index (κ2) is 8.72. The van der Waals surface area contributed by atoms with E-state index >= 15 is 0 Å². The molecule has 0 bridgehead atoms. The Labute approximate surface area is 136 Å². The molecule has 1 fully saturated rings. The first-order valence-electron chi connectivity index (χ1n) is 8.24. The second-order valence-electron chi connectivity index (χ2n) is 6.13. The van der Waals surface area contributed by atoms with Crippen molar-refractivity contribution < 1.29 is 14.3 Å². The number of hydrogen-bond donors (Lipinski definition) is 3. The summed E-state index contributed by atoms with van der Waals surface area (Å²) in [4.78, 5) is 13.6. The van der Waals surface area contributed by atoms with Gasteiger partial charge in [-0.2, -0.15) is 0 Å². The fourth-order valence-electron chi connectivity index (χ4n) is 2.86. The van der Waals surface area contributed by atoms with E-state index in [2.05, 4.69) is 10.6 Å². The van der Waals surface area contributed by atoms with Gasteiger partial charge < -0.3 is 20.6 Å². The molecule has 1 aliphatic carbocycles. The van der Waals surface area contributed by atoms with Gasteiger partial charge in [0, 0.05) is 26.2 Å². The van der Waals surface area contributed by atoms with E-state index in [0.717, 1.165) is 32.1 Å². The van der Waals surface area contributed by atoms with Crippen LogP contribution >= 0.6 is 0 Å². The monoisotopic (exact) mass is 323 g/mol. The van der Waals surface area contributed by atoms with E-state index in [1.54, 1.807) is 12.1 Å². The Kier molecular flexibility index (Phi) is 6.65. The lowest BCUT2D eigenvalue weighted by molar-refractivity contribution is 0.117. The van der Waals surface area contributed by atoms with Crippen LogP contribution in [-0.2, 0) is 0 Å². The first-order chi connectivity index (χ1) is 11.1. The largest absolute Gasteiger partial charge is 0.393 e. The highest BCUT2D eigenvalue weighted by molar-refractivity contribution is 5.74. The summed E-state index contributed by atoms with van der Waals surface area (Å²) in [5, 5.41) is 15.2. The Hall–Kier alpha value is -1.82. The Balaban J connectivity index is 1.61. The Bertz CT molecular complexity index is 504. The van der Waals surface area contributed by atoms with E-state index in [0.29, 0.717) is 18.8 Å². The van der Waals surface area contributed by atoms with Gasteiger partial charge in [0.15, 0.2) is 0 Å². The number of halogens is 1. The summed E-state index contributed by atoms with van der Waals surface area (Å²) >= 11 is 0. The molecule has 1 saturated carbocycles. The zero-order valence-corrected chi connectivity index (χ0v) is 13.6. The van der Waals surface area contributed by atoms with Gasteiger partial charge in [0.25, 0.3) is 0 Å². The maximum atomic E-state index is 13.6. The van der Waals surface area contributed by atoms with Crippen molar-refractivity contribution in [3.63, 3.8) is 0 Å². The van der Waals surface area contributed by atoms with Crippen molar-refractivity contribution in [1.82, 2.24) is 10.6 Å². The number of amides is 2. The van der Waals surface area contributed by atoms with E-state index in [1.807, 2.05) is 18.0 Å². The highest BCUT2D eigenvalue weighted by atomic mass is 19.1. The molecule has 2 rings (SSSR count). The van der Waals surface area contributed by atoms with Crippen LogP contribution in [0, 0.1) is 5.82 Å². The third kappa shape index (κ3) is 5.71. The summed E-state index contributed by atoms with van der Waals surface area (Å²) in [7, 11) is 1.84. The fraction of sp³-hybridized carbons (Fsp3) is 0.588. The zero-order chi connectivity index (χ0) is 16.7. The van der Waals surface area contributed by atoms with Crippen LogP contribution in [0.2, 0.25) is 0 Å². The second-order valence-corrected chi connectivity index (χ2v) is 6.13. The number of carbonyl (C=O) groups is 1. The van der Waals surface area contributed by atoms with Gasteiger partial charge in [0.1, 0.15) is 5.82 Å². The van der Waals surface area contributed by atoms with Crippen LogP contribution in [0.1, 0.15) is 32.1 Å². The average molecular weight is 323 g/mol. The molecule has 23 heavy (non-hydrogen) atoms. The van der Waals surface area contributed by atoms with Gasteiger partial charge in [-0.15, -0.1) is 0 Å². The van der Waals surface area contributed by atoms with Gasteiger partial charge in [0.05, 0.1) is 11.8 Å². The first kappa shape index (κ1) is 17.5. The van der Waals surface area contributed by atoms with E-state index in [4.69, 9.17) is 0 Å². The fourth-order valence-corrected chi connectivity index (χ4v) is 2.86. The molecule has 0 spiro atoms. The molecule has 6 heteroatoms. The maximum absolute atomic E-state index is 13.6. The van der Waals surface area contributed by atoms with E-state index in [1.165, 1.54) is 6.07 Å². The number of aliphatic hydroxyl groups is 1. The molecule has 2 amide bonds. The van der Waals surface area contributed by atoms with Gasteiger partial charge in [-0.25, -0.2) is 9.18 Å². The van der Waals surface area contributed by atoms with Crippen LogP contribution < -0.4 is 15.5 Å². The van der Waals surface area contributed by atoms with Crippen LogP contribution in [0.4, 0.5) is 14.9 Å². The normalized spacial score (nSPS) is 20.8. The number of anilines is 1. The van der Waals surface area contributed by atoms with Crippen LogP contribution in [0.3, 0.4) is 0 Å². The minimum absolute atomic E-state index is 0.152. The molecule has 0 atom stereocenters. The van der Waals surface area contributed by atoms with Gasteiger partial charge in [-0.1, -0.05) is 12.1 Å². The molecule has 0 aromatic heterocycles. The number of urea groups is 1. The van der Waals surface area contributed by atoms with Crippen molar-refractivity contribution in [3.8, 4) is 0 Å². The highest BCUT2D eigenvalue weighted by Crippen LogP contribution is 2.18. The molecule has 0 unspecified atom stereocenters. The molecule has 128 valence electrons. The number of aliphatic hydroxyl groups excluding tert-OH is 1. The number of nitrogens with zero attached hydrogens (tertiary/aromatic N) is 1. The van der Waals surface area contributed by atoms with Crippen molar-refractivity contribution in [2.24, 2.45) is 0 Å². The smallest absolute Gasteiger partial charge is 0.315 e. The Morgan fingerprint density at radius 1 is 1.30 bits per heavy atom. The molecule has 1 aromatic carbocycles. The van der Waals surface area contributed by atoms with E-state index < -0.39 is 0 Å². The number of para-hydroxylation sites is 1. The lowest BCUT2D eigenvalue weighted by atomic mass is 9.93. The molecule has 1 aromatic rings. The number of carbonyl (C=O) groups excluding carboxylic acids is 1. The van der Waals surface area contributed by atoms with Crippen molar-refractivity contribution in [3.05, 3.63) is 30.1 Å². The third-order valence-corrected chi connectivity index (χ3v) is 4.25. The summed E-state index contributed by atoms with van der Waals surface area (Å²) in [6.45, 7) is 1.21. The van der Waals surface area contributed by atoms with Gasteiger partial charge in [0.2, 0.25) is 0 Å². The van der Waals surface area contributed by atoms with E-state index in [-0.39, 0.29) is 24.0 Å². The lowest BCUT2D eigenvalue weighted by Gasteiger charge is -2.26. The first-order valence-corrected chi connectivity index (χ1v) is 8.24. The Morgan fingerprint density at radius 2 is 2.00 bits per heavy atom. The highest BCUT2D eigenvalue weighted by Gasteiger charge is 2.20. The molecule has 0 aliphatic heterocycles. The summed E-state index contributed by atoms with van der Waals surface area (Å²) < 4.78 is 13.6. The van der Waals surface area contributed by atoms with Gasteiger partial charge in [-0.3, -0.25) is 0 Å². The number of nitrogens with one attached hydrogen (secondary N) is 2. The van der Waals surface area contributed by atoms with Gasteiger partial charge in [-0.05, 0) is 44.2 Å². The molecule has 0 heterocycles. The van der Waals surface area contributed by atoms with Crippen molar-refractivity contribution in [2.45, 2.75) is 44.2 Å². The topological polar surface area (TPSA) is 64.6 Å². The minimum Gasteiger partial charge on any atom is -0.393 e. The third-order valence-electron chi connectivity index (χ3n) is 4.25. The van der Waals surface area contributed by atoms with Crippen LogP contribution in [0.15, 0.2) is 24.3 Å². The van der Waals surface area contributed by atoms with Crippen LogP contribution in [0.5, 0.6) is 0 Å². The molecular formula is C17H26FN3O2. The molecule has 5 nitrogen and oxygen atoms in total. The van der Waals surface area contributed by atoms with Crippen molar-refractivity contribution >= 4 is 11.7 Å². The molecule has 0 radical (unpaired) electrons. The van der Waals surface area contributed by atoms with Crippen LogP contribution in [-0.4, -0.2) is 43.4 Å². The van der Waals surface area contributed by atoms with Crippen LogP contribution in [0.25, 0.3) is 0 Å². The number of hydrogen-bond acceptors (Lipinski definition) is 3. The molecular weight excluding hydrogens is 297 g/mol. The summed E-state index contributed by atoms with van der Waals surface area (Å²) in [6, 6.07) is 6.65. The lowest BCUT2D eigenvalue weighted by Crippen LogP contribution is -2.44. The number of benzene rings is 1. The summed E-state index contributed by atoms with van der Waals surface area (Å²) in [5.41, 5.74) is 0.567. The zero-order valence-electron chi connectivity index (χ0n) is 13.6. The SMILES string of the molecule is CN(CCCNC(=O)NC1CCC(O)CC1)c1ccccc1F. The predicted octanol–water partition coefficient (Wildman–Crippen LogP) is 2.25. The minimum atomic E-state index is -0.236. The quantitative estimate of drug-likeness (QED) is 0.704. The standard InChI is InChI=1S/C17H26FN3O2/c1-21(16-6-3-2-5-15(16)18)12-4-11-19-17(23)20-13-7-9-14(22)10-8-13/h2-3,5-6,13-14,22H,4,7-12H2,1H3,(H2,19,20,23). The van der Waals surface area contributed by atoms with Gasteiger partial charge >= 0.3 is 6.03 Å². The van der Waals surface area contributed by atoms with Crippen molar-refractivity contribution in [1.29, 1.82) is 0 Å². The van der Waals surface area contributed by atoms with E-state index in [9.17, 15) is 14.3 Å². The summed E-state index contributed by atoms with van der Waals surface area (Å²) in [6.07, 6.45) is 3.66.